The van der Waals surface area contributed by atoms with Crippen molar-refractivity contribution >= 4 is 51.8 Å². The normalized spacial score (nSPS) is 18.9. The third kappa shape index (κ3) is 2.37. The molecule has 1 aliphatic heterocycles. The molecule has 0 radical (unpaired) electrons. The SMILES string of the molecule is OC1=C(O)C(c2cccs2)(c2cccs2)SC1=Cc1cccs1. The highest BCUT2D eigenvalue weighted by molar-refractivity contribution is 8.05. The van der Waals surface area contributed by atoms with Gasteiger partial charge in [-0.1, -0.05) is 30.0 Å². The van der Waals surface area contributed by atoms with Crippen molar-refractivity contribution < 1.29 is 10.2 Å². The lowest BCUT2D eigenvalue weighted by Crippen LogP contribution is -2.21. The van der Waals surface area contributed by atoms with Crippen LogP contribution in [0.2, 0.25) is 0 Å². The maximum absolute atomic E-state index is 10.8. The third-order valence-electron chi connectivity index (χ3n) is 3.61. The molecule has 0 saturated carbocycles. The minimum absolute atomic E-state index is 0.0230. The predicted octanol–water partition coefficient (Wildman–Crippen LogP) is 6.23. The molecule has 3 aromatic rings. The Balaban J connectivity index is 1.89. The van der Waals surface area contributed by atoms with Crippen molar-refractivity contribution in [2.24, 2.45) is 0 Å². The molecule has 0 fully saturated rings. The van der Waals surface area contributed by atoms with Gasteiger partial charge in [0.15, 0.2) is 11.5 Å². The molecule has 0 spiro atoms. The van der Waals surface area contributed by atoms with Gasteiger partial charge in [0.05, 0.1) is 4.91 Å². The second-order valence-electron chi connectivity index (χ2n) is 4.96. The Morgan fingerprint density at radius 3 is 1.96 bits per heavy atom. The van der Waals surface area contributed by atoms with Gasteiger partial charge in [0.25, 0.3) is 0 Å². The van der Waals surface area contributed by atoms with Crippen LogP contribution >= 0.6 is 45.8 Å². The first kappa shape index (κ1) is 15.1. The van der Waals surface area contributed by atoms with Gasteiger partial charge in [-0.05, 0) is 40.4 Å². The second kappa shape index (κ2) is 5.87. The molecule has 3 aromatic heterocycles. The lowest BCUT2D eigenvalue weighted by Gasteiger charge is -2.25. The second-order valence-corrected chi connectivity index (χ2v) is 9.09. The largest absolute Gasteiger partial charge is 0.506 e. The Morgan fingerprint density at radius 2 is 1.43 bits per heavy atom. The van der Waals surface area contributed by atoms with E-state index in [-0.39, 0.29) is 11.5 Å². The van der Waals surface area contributed by atoms with E-state index in [4.69, 9.17) is 0 Å². The van der Waals surface area contributed by atoms with Crippen LogP contribution in [0.4, 0.5) is 0 Å². The average Bonchev–Trinajstić information content (AvgIpc) is 3.33. The van der Waals surface area contributed by atoms with E-state index in [0.29, 0.717) is 4.91 Å². The number of hydrogen-bond acceptors (Lipinski definition) is 6. The highest BCUT2D eigenvalue weighted by atomic mass is 32.2. The number of thioether (sulfide) groups is 1. The van der Waals surface area contributed by atoms with Gasteiger partial charge in [-0.15, -0.1) is 34.0 Å². The number of aliphatic hydroxyl groups is 2. The maximum atomic E-state index is 10.8. The van der Waals surface area contributed by atoms with E-state index in [9.17, 15) is 10.2 Å². The van der Waals surface area contributed by atoms with Crippen LogP contribution in [-0.4, -0.2) is 10.2 Å². The predicted molar refractivity (Wildman–Crippen MR) is 102 cm³/mol. The molecule has 0 aromatic carbocycles. The minimum atomic E-state index is -0.741. The summed E-state index contributed by atoms with van der Waals surface area (Å²) < 4.78 is -0.741. The molecule has 0 amide bonds. The molecule has 1 aliphatic rings. The van der Waals surface area contributed by atoms with Crippen LogP contribution in [0, 0.1) is 0 Å². The lowest BCUT2D eigenvalue weighted by molar-refractivity contribution is 0.317. The van der Waals surface area contributed by atoms with E-state index in [2.05, 4.69) is 0 Å². The molecule has 4 rings (SSSR count). The summed E-state index contributed by atoms with van der Waals surface area (Å²) in [6.07, 6.45) is 1.93. The fraction of sp³-hybridized carbons (Fsp3) is 0.0588. The average molecular weight is 377 g/mol. The van der Waals surface area contributed by atoms with E-state index < -0.39 is 4.75 Å². The zero-order valence-electron chi connectivity index (χ0n) is 11.8. The summed E-state index contributed by atoms with van der Waals surface area (Å²) in [5.41, 5.74) is 0. The molecule has 0 bridgehead atoms. The molecule has 2 nitrogen and oxygen atoms in total. The molecule has 23 heavy (non-hydrogen) atoms. The summed E-state index contributed by atoms with van der Waals surface area (Å²) in [4.78, 5) is 3.79. The topological polar surface area (TPSA) is 40.5 Å². The summed E-state index contributed by atoms with van der Waals surface area (Å²) in [6, 6.07) is 11.9. The number of aliphatic hydroxyl groups excluding tert-OH is 2. The van der Waals surface area contributed by atoms with Crippen LogP contribution < -0.4 is 0 Å². The molecular formula is C17H12O2S4. The van der Waals surface area contributed by atoms with Crippen LogP contribution in [0.15, 0.2) is 69.0 Å². The van der Waals surface area contributed by atoms with Crippen LogP contribution in [-0.2, 0) is 4.75 Å². The van der Waals surface area contributed by atoms with Crippen molar-refractivity contribution in [3.63, 3.8) is 0 Å². The van der Waals surface area contributed by atoms with Gasteiger partial charge < -0.3 is 10.2 Å². The molecule has 116 valence electrons. The molecular weight excluding hydrogens is 364 g/mol. The minimum Gasteiger partial charge on any atom is -0.506 e. The van der Waals surface area contributed by atoms with Gasteiger partial charge in [-0.2, -0.15) is 0 Å². The van der Waals surface area contributed by atoms with Crippen molar-refractivity contribution in [1.29, 1.82) is 0 Å². The summed E-state index contributed by atoms with van der Waals surface area (Å²) >= 11 is 6.29. The Hall–Kier alpha value is -1.47. The molecule has 2 N–H and O–H groups in total. The summed E-state index contributed by atoms with van der Waals surface area (Å²) in [6.45, 7) is 0. The Morgan fingerprint density at radius 1 is 0.826 bits per heavy atom. The quantitative estimate of drug-likeness (QED) is 0.569. The molecule has 6 heteroatoms. The van der Waals surface area contributed by atoms with Gasteiger partial charge in [-0.3, -0.25) is 0 Å². The zero-order chi connectivity index (χ0) is 15.9. The van der Waals surface area contributed by atoms with Crippen LogP contribution in [0.5, 0.6) is 0 Å². The van der Waals surface area contributed by atoms with Gasteiger partial charge in [0.1, 0.15) is 4.75 Å². The smallest absolute Gasteiger partial charge is 0.169 e. The molecule has 0 atom stereocenters. The molecule has 4 heterocycles. The maximum Gasteiger partial charge on any atom is 0.169 e. The van der Waals surface area contributed by atoms with Crippen LogP contribution in [0.25, 0.3) is 6.08 Å². The summed E-state index contributed by atoms with van der Waals surface area (Å²) in [7, 11) is 0. The lowest BCUT2D eigenvalue weighted by atomic mass is 10.0. The molecule has 0 saturated heterocycles. The van der Waals surface area contributed by atoms with Crippen molar-refractivity contribution in [3.05, 3.63) is 83.6 Å². The number of thiophene rings is 3. The van der Waals surface area contributed by atoms with Crippen LogP contribution in [0.1, 0.15) is 14.6 Å². The fourth-order valence-corrected chi connectivity index (χ4v) is 6.80. The third-order valence-corrected chi connectivity index (χ3v) is 8.13. The van der Waals surface area contributed by atoms with E-state index in [1.807, 2.05) is 58.6 Å². The van der Waals surface area contributed by atoms with Gasteiger partial charge >= 0.3 is 0 Å². The van der Waals surface area contributed by atoms with E-state index in [1.165, 1.54) is 11.8 Å². The van der Waals surface area contributed by atoms with Gasteiger partial charge in [0, 0.05) is 14.6 Å². The van der Waals surface area contributed by atoms with Gasteiger partial charge in [0.2, 0.25) is 0 Å². The molecule has 0 unspecified atom stereocenters. The number of hydrogen-bond donors (Lipinski definition) is 2. The standard InChI is InChI=1S/C17H12O2S4/c18-15-12(10-11-4-1-7-20-11)23-17(16(15)19,13-5-2-8-21-13)14-6-3-9-22-14/h1-10,18-19H. The highest BCUT2D eigenvalue weighted by Crippen LogP contribution is 2.60. The summed E-state index contributed by atoms with van der Waals surface area (Å²) in [5, 5.41) is 27.4. The highest BCUT2D eigenvalue weighted by Gasteiger charge is 2.50. The zero-order valence-corrected chi connectivity index (χ0v) is 15.1. The van der Waals surface area contributed by atoms with Crippen molar-refractivity contribution in [2.45, 2.75) is 4.75 Å². The number of rotatable bonds is 3. The fourth-order valence-electron chi connectivity index (χ4n) is 2.56. The first-order valence-corrected chi connectivity index (χ1v) is 10.3. The first-order chi connectivity index (χ1) is 11.2. The van der Waals surface area contributed by atoms with Crippen molar-refractivity contribution in [1.82, 2.24) is 0 Å². The Bertz CT molecular complexity index is 822. The van der Waals surface area contributed by atoms with Crippen LogP contribution in [0.3, 0.4) is 0 Å². The van der Waals surface area contributed by atoms with Crippen molar-refractivity contribution in [3.8, 4) is 0 Å². The van der Waals surface area contributed by atoms with E-state index >= 15 is 0 Å². The Labute approximate surface area is 150 Å². The molecule has 0 aliphatic carbocycles. The van der Waals surface area contributed by atoms with Gasteiger partial charge in [-0.25, -0.2) is 0 Å². The Kier molecular flexibility index (Phi) is 3.85. The monoisotopic (exact) mass is 376 g/mol. The first-order valence-electron chi connectivity index (χ1n) is 6.87. The van der Waals surface area contributed by atoms with E-state index in [0.717, 1.165) is 14.6 Å². The van der Waals surface area contributed by atoms with Crippen molar-refractivity contribution in [2.75, 3.05) is 0 Å². The van der Waals surface area contributed by atoms with E-state index in [1.54, 1.807) is 34.0 Å². The summed E-state index contributed by atoms with van der Waals surface area (Å²) in [5.74, 6) is 0.000376.